The minimum Gasteiger partial charge on any atom is -0.389 e. The van der Waals surface area contributed by atoms with Gasteiger partial charge in [-0.1, -0.05) is 30.3 Å². The van der Waals surface area contributed by atoms with Crippen LogP contribution in [0.1, 0.15) is 41.2 Å². The van der Waals surface area contributed by atoms with Gasteiger partial charge in [0.2, 0.25) is 0 Å². The Morgan fingerprint density at radius 2 is 1.83 bits per heavy atom. The first kappa shape index (κ1) is 17.3. The van der Waals surface area contributed by atoms with Crippen molar-refractivity contribution < 1.29 is 9.90 Å². The number of amides is 1. The molecule has 1 heterocycles. The summed E-state index contributed by atoms with van der Waals surface area (Å²) in [5, 5.41) is 9.91. The predicted molar refractivity (Wildman–Crippen MR) is 92.7 cm³/mol. The number of likely N-dealkylation sites (N-methyl/N-ethyl adjacent to an activating group) is 1. The Morgan fingerprint density at radius 1 is 1.22 bits per heavy atom. The molecule has 1 aromatic carbocycles. The summed E-state index contributed by atoms with van der Waals surface area (Å²) < 4.78 is 2.15. The van der Waals surface area contributed by atoms with Gasteiger partial charge in [0, 0.05) is 31.5 Å². The van der Waals surface area contributed by atoms with E-state index in [2.05, 4.69) is 16.7 Å². The van der Waals surface area contributed by atoms with Gasteiger partial charge in [-0.05, 0) is 39.3 Å². The summed E-state index contributed by atoms with van der Waals surface area (Å²) in [5.41, 5.74) is 3.02. The summed E-state index contributed by atoms with van der Waals surface area (Å²) >= 11 is 0. The van der Waals surface area contributed by atoms with Crippen LogP contribution in [0.3, 0.4) is 0 Å². The largest absolute Gasteiger partial charge is 0.389 e. The van der Waals surface area contributed by atoms with E-state index >= 15 is 0 Å². The van der Waals surface area contributed by atoms with Crippen molar-refractivity contribution in [2.75, 3.05) is 13.6 Å². The maximum Gasteiger partial charge on any atom is 0.255 e. The smallest absolute Gasteiger partial charge is 0.255 e. The number of carbonyl (C=O) groups excluding carboxylic acids is 1. The standard InChI is InChI=1S/C19H26N2O2/c1-14-11-17(18(22)20(5)13-19(3,4)23)15(2)21(14)12-16-9-7-6-8-10-16/h6-11,23H,12-13H2,1-5H3. The van der Waals surface area contributed by atoms with E-state index in [1.165, 1.54) is 5.56 Å². The Bertz CT molecular complexity index is 681. The van der Waals surface area contributed by atoms with Crippen LogP contribution in [0.25, 0.3) is 0 Å². The zero-order chi connectivity index (χ0) is 17.2. The molecule has 0 spiro atoms. The lowest BCUT2D eigenvalue weighted by molar-refractivity contribution is 0.0367. The van der Waals surface area contributed by atoms with Crippen LogP contribution >= 0.6 is 0 Å². The van der Waals surface area contributed by atoms with E-state index in [1.807, 2.05) is 38.1 Å². The van der Waals surface area contributed by atoms with Gasteiger partial charge in [-0.2, -0.15) is 0 Å². The molecule has 0 bridgehead atoms. The summed E-state index contributed by atoms with van der Waals surface area (Å²) in [6.45, 7) is 8.45. The molecule has 2 rings (SSSR count). The van der Waals surface area contributed by atoms with Crippen molar-refractivity contribution in [3.05, 3.63) is 58.9 Å². The number of aliphatic hydroxyl groups is 1. The minimum absolute atomic E-state index is 0.0560. The summed E-state index contributed by atoms with van der Waals surface area (Å²) in [7, 11) is 1.73. The van der Waals surface area contributed by atoms with Gasteiger partial charge in [0.25, 0.3) is 5.91 Å². The molecule has 0 aliphatic rings. The van der Waals surface area contributed by atoms with Gasteiger partial charge in [0.15, 0.2) is 0 Å². The Balaban J connectivity index is 2.25. The average molecular weight is 314 g/mol. The molecular formula is C19H26N2O2. The highest BCUT2D eigenvalue weighted by Gasteiger charge is 2.23. The van der Waals surface area contributed by atoms with E-state index in [0.717, 1.165) is 17.9 Å². The molecule has 1 amide bonds. The van der Waals surface area contributed by atoms with Crippen molar-refractivity contribution in [1.82, 2.24) is 9.47 Å². The Kier molecular flexibility index (Phi) is 4.95. The van der Waals surface area contributed by atoms with Gasteiger partial charge in [-0.3, -0.25) is 4.79 Å². The molecule has 1 N–H and O–H groups in total. The first-order valence-corrected chi connectivity index (χ1v) is 7.87. The third-order valence-corrected chi connectivity index (χ3v) is 3.96. The van der Waals surface area contributed by atoms with E-state index in [1.54, 1.807) is 25.8 Å². The highest BCUT2D eigenvalue weighted by molar-refractivity contribution is 5.95. The van der Waals surface area contributed by atoms with Crippen LogP contribution in [0, 0.1) is 13.8 Å². The number of rotatable bonds is 5. The number of aryl methyl sites for hydroxylation is 1. The maximum atomic E-state index is 12.7. The molecule has 4 nitrogen and oxygen atoms in total. The molecule has 4 heteroatoms. The van der Waals surface area contributed by atoms with Crippen LogP contribution in [-0.4, -0.2) is 39.7 Å². The molecule has 23 heavy (non-hydrogen) atoms. The molecule has 124 valence electrons. The minimum atomic E-state index is -0.903. The zero-order valence-electron chi connectivity index (χ0n) is 14.6. The van der Waals surface area contributed by atoms with Crippen LogP contribution in [0.5, 0.6) is 0 Å². The van der Waals surface area contributed by atoms with Gasteiger partial charge >= 0.3 is 0 Å². The van der Waals surface area contributed by atoms with Gasteiger partial charge < -0.3 is 14.6 Å². The third-order valence-electron chi connectivity index (χ3n) is 3.96. The van der Waals surface area contributed by atoms with E-state index in [9.17, 15) is 9.90 Å². The normalized spacial score (nSPS) is 11.6. The zero-order valence-corrected chi connectivity index (χ0v) is 14.6. The van der Waals surface area contributed by atoms with Gasteiger partial charge in [-0.25, -0.2) is 0 Å². The van der Waals surface area contributed by atoms with Crippen LogP contribution in [0.4, 0.5) is 0 Å². The summed E-state index contributed by atoms with van der Waals surface area (Å²) in [6.07, 6.45) is 0. The fraction of sp³-hybridized carbons (Fsp3) is 0.421. The second-order valence-corrected chi connectivity index (χ2v) is 6.83. The molecule has 0 radical (unpaired) electrons. The Hall–Kier alpha value is -2.07. The molecule has 0 fully saturated rings. The van der Waals surface area contributed by atoms with Crippen LogP contribution in [0.15, 0.2) is 36.4 Å². The lowest BCUT2D eigenvalue weighted by Crippen LogP contribution is -2.39. The molecule has 0 saturated carbocycles. The highest BCUT2D eigenvalue weighted by atomic mass is 16.3. The number of aromatic nitrogens is 1. The van der Waals surface area contributed by atoms with Crippen molar-refractivity contribution in [1.29, 1.82) is 0 Å². The topological polar surface area (TPSA) is 45.5 Å². The Morgan fingerprint density at radius 3 is 2.39 bits per heavy atom. The first-order chi connectivity index (χ1) is 10.7. The predicted octanol–water partition coefficient (Wildman–Crippen LogP) is 3.00. The van der Waals surface area contributed by atoms with Gasteiger partial charge in [0.1, 0.15) is 0 Å². The number of benzene rings is 1. The lowest BCUT2D eigenvalue weighted by atomic mass is 10.1. The van der Waals surface area contributed by atoms with Gasteiger partial charge in [-0.15, -0.1) is 0 Å². The van der Waals surface area contributed by atoms with Crippen molar-refractivity contribution in [2.45, 2.75) is 39.8 Å². The SMILES string of the molecule is Cc1cc(C(=O)N(C)CC(C)(C)O)c(C)n1Cc1ccccc1. The van der Waals surface area contributed by atoms with Crippen molar-refractivity contribution in [3.63, 3.8) is 0 Å². The molecule has 0 aliphatic heterocycles. The van der Waals surface area contributed by atoms with Gasteiger partial charge in [0.05, 0.1) is 11.2 Å². The average Bonchev–Trinajstić information content (AvgIpc) is 2.74. The molecular weight excluding hydrogens is 288 g/mol. The van der Waals surface area contributed by atoms with E-state index < -0.39 is 5.60 Å². The summed E-state index contributed by atoms with van der Waals surface area (Å²) in [4.78, 5) is 14.2. The van der Waals surface area contributed by atoms with Crippen molar-refractivity contribution >= 4 is 5.91 Å². The molecule has 0 atom stereocenters. The molecule has 0 unspecified atom stereocenters. The molecule has 0 saturated heterocycles. The quantitative estimate of drug-likeness (QED) is 0.922. The van der Waals surface area contributed by atoms with E-state index in [4.69, 9.17) is 0 Å². The number of hydrogen-bond acceptors (Lipinski definition) is 2. The third kappa shape index (κ3) is 4.23. The van der Waals surface area contributed by atoms with Crippen molar-refractivity contribution in [2.24, 2.45) is 0 Å². The highest BCUT2D eigenvalue weighted by Crippen LogP contribution is 2.19. The monoisotopic (exact) mass is 314 g/mol. The lowest BCUT2D eigenvalue weighted by Gasteiger charge is -2.25. The summed E-state index contributed by atoms with van der Waals surface area (Å²) in [6, 6.07) is 12.1. The van der Waals surface area contributed by atoms with E-state index in [-0.39, 0.29) is 5.91 Å². The second kappa shape index (κ2) is 6.59. The molecule has 2 aromatic rings. The fourth-order valence-electron chi connectivity index (χ4n) is 2.88. The van der Waals surface area contributed by atoms with Crippen molar-refractivity contribution in [3.8, 4) is 0 Å². The van der Waals surface area contributed by atoms with Crippen LogP contribution in [0.2, 0.25) is 0 Å². The summed E-state index contributed by atoms with van der Waals surface area (Å²) in [5.74, 6) is -0.0560. The number of hydrogen-bond donors (Lipinski definition) is 1. The first-order valence-electron chi connectivity index (χ1n) is 7.87. The molecule has 1 aromatic heterocycles. The second-order valence-electron chi connectivity index (χ2n) is 6.83. The maximum absolute atomic E-state index is 12.7. The Labute approximate surface area is 138 Å². The van der Waals surface area contributed by atoms with Crippen LogP contribution < -0.4 is 0 Å². The number of nitrogens with zero attached hydrogens (tertiary/aromatic N) is 2. The van der Waals surface area contributed by atoms with E-state index in [0.29, 0.717) is 12.1 Å². The fourth-order valence-corrected chi connectivity index (χ4v) is 2.88. The van der Waals surface area contributed by atoms with Crippen LogP contribution in [-0.2, 0) is 6.54 Å². The number of carbonyl (C=O) groups is 1. The molecule has 0 aliphatic carbocycles.